The maximum absolute atomic E-state index is 6.22. The lowest BCUT2D eigenvalue weighted by molar-refractivity contribution is 0.0867. The second-order valence-electron chi connectivity index (χ2n) is 7.15. The number of imidazole rings is 1. The number of hydrogen-bond acceptors (Lipinski definition) is 6. The van der Waals surface area contributed by atoms with Gasteiger partial charge in [0.15, 0.2) is 23.3 Å². The minimum absolute atomic E-state index is 0.238. The fraction of sp³-hybridized carbons (Fsp3) is 0.227. The molecule has 0 amide bonds. The molecule has 0 spiro atoms. The van der Waals surface area contributed by atoms with Crippen LogP contribution in [0.25, 0.3) is 5.65 Å². The molecular formula is C22H19ClN4O3. The number of aromatic nitrogens is 4. The average Bonchev–Trinajstić information content (AvgIpc) is 3.15. The van der Waals surface area contributed by atoms with Crippen molar-refractivity contribution in [2.75, 3.05) is 13.7 Å². The van der Waals surface area contributed by atoms with E-state index >= 15 is 0 Å². The molecule has 152 valence electrons. The molecule has 0 radical (unpaired) electrons. The maximum atomic E-state index is 6.22. The average molecular weight is 423 g/mol. The molecule has 8 heteroatoms. The first kappa shape index (κ1) is 18.7. The number of benzene rings is 1. The van der Waals surface area contributed by atoms with Crippen molar-refractivity contribution in [2.45, 2.75) is 19.4 Å². The van der Waals surface area contributed by atoms with E-state index in [1.807, 2.05) is 37.4 Å². The van der Waals surface area contributed by atoms with E-state index in [9.17, 15) is 0 Å². The summed E-state index contributed by atoms with van der Waals surface area (Å²) in [4.78, 5) is 8.73. The summed E-state index contributed by atoms with van der Waals surface area (Å²) in [5.41, 5.74) is 4.57. The summed E-state index contributed by atoms with van der Waals surface area (Å²) in [6.45, 7) is 2.36. The Kier molecular flexibility index (Phi) is 4.67. The van der Waals surface area contributed by atoms with Crippen LogP contribution in [0, 0.1) is 6.92 Å². The SMILES string of the molecule is COc1cc(Cc2cnc3cc(Cl)cnn23)cc2c1OC(c1ccc(C)nc1)CO2. The Labute approximate surface area is 178 Å². The van der Waals surface area contributed by atoms with Gasteiger partial charge in [0.05, 0.1) is 30.2 Å². The van der Waals surface area contributed by atoms with E-state index in [1.54, 1.807) is 30.1 Å². The third-order valence-corrected chi connectivity index (χ3v) is 5.25. The zero-order valence-corrected chi connectivity index (χ0v) is 17.3. The molecule has 0 fully saturated rings. The Morgan fingerprint density at radius 2 is 2.07 bits per heavy atom. The van der Waals surface area contributed by atoms with Crippen LogP contribution in [0.4, 0.5) is 0 Å². The quantitative estimate of drug-likeness (QED) is 0.491. The number of fused-ring (bicyclic) bond motifs is 2. The van der Waals surface area contributed by atoms with Crippen LogP contribution in [0.15, 0.2) is 48.9 Å². The van der Waals surface area contributed by atoms with Gasteiger partial charge in [-0.15, -0.1) is 0 Å². The minimum atomic E-state index is -0.238. The zero-order chi connectivity index (χ0) is 20.7. The van der Waals surface area contributed by atoms with E-state index in [0.717, 1.165) is 22.5 Å². The second kappa shape index (κ2) is 7.50. The highest BCUT2D eigenvalue weighted by atomic mass is 35.5. The van der Waals surface area contributed by atoms with Gasteiger partial charge in [-0.2, -0.15) is 5.10 Å². The lowest BCUT2D eigenvalue weighted by Gasteiger charge is -2.28. The molecule has 1 aliphatic rings. The fourth-order valence-electron chi connectivity index (χ4n) is 3.52. The minimum Gasteiger partial charge on any atom is -0.493 e. The number of rotatable bonds is 4. The highest BCUT2D eigenvalue weighted by molar-refractivity contribution is 6.30. The van der Waals surface area contributed by atoms with Crippen molar-refractivity contribution in [3.8, 4) is 17.2 Å². The van der Waals surface area contributed by atoms with E-state index in [-0.39, 0.29) is 6.10 Å². The predicted octanol–water partition coefficient (Wildman–Crippen LogP) is 4.20. The molecule has 0 saturated carbocycles. The van der Waals surface area contributed by atoms with Crippen LogP contribution in [-0.2, 0) is 6.42 Å². The molecule has 4 aromatic rings. The Hall–Kier alpha value is -3.32. The summed E-state index contributed by atoms with van der Waals surface area (Å²) < 4.78 is 19.6. The monoisotopic (exact) mass is 422 g/mol. The zero-order valence-electron chi connectivity index (χ0n) is 16.5. The number of pyridine rings is 1. The van der Waals surface area contributed by atoms with Gasteiger partial charge in [0.2, 0.25) is 5.75 Å². The molecule has 0 bridgehead atoms. The number of aryl methyl sites for hydroxylation is 1. The van der Waals surface area contributed by atoms with Gasteiger partial charge in [-0.3, -0.25) is 4.98 Å². The van der Waals surface area contributed by atoms with Gasteiger partial charge in [0.1, 0.15) is 6.61 Å². The van der Waals surface area contributed by atoms with E-state index in [2.05, 4.69) is 15.1 Å². The molecule has 3 aromatic heterocycles. The summed E-state index contributed by atoms with van der Waals surface area (Å²) in [6.07, 6.45) is 5.58. The van der Waals surface area contributed by atoms with Crippen LogP contribution in [0.1, 0.15) is 28.6 Å². The van der Waals surface area contributed by atoms with Crippen molar-refractivity contribution in [1.82, 2.24) is 19.6 Å². The van der Waals surface area contributed by atoms with Gasteiger partial charge in [-0.25, -0.2) is 9.50 Å². The number of nitrogens with zero attached hydrogens (tertiary/aromatic N) is 4. The van der Waals surface area contributed by atoms with Gasteiger partial charge in [-0.1, -0.05) is 17.7 Å². The number of halogens is 1. The van der Waals surface area contributed by atoms with E-state index in [0.29, 0.717) is 40.9 Å². The topological polar surface area (TPSA) is 70.8 Å². The third-order valence-electron chi connectivity index (χ3n) is 5.04. The Balaban J connectivity index is 1.44. The van der Waals surface area contributed by atoms with Crippen LogP contribution in [-0.4, -0.2) is 33.3 Å². The second-order valence-corrected chi connectivity index (χ2v) is 7.58. The van der Waals surface area contributed by atoms with E-state index in [4.69, 9.17) is 25.8 Å². The highest BCUT2D eigenvalue weighted by Crippen LogP contribution is 2.44. The fourth-order valence-corrected chi connectivity index (χ4v) is 3.66. The summed E-state index contributed by atoms with van der Waals surface area (Å²) in [6, 6.07) is 9.67. The summed E-state index contributed by atoms with van der Waals surface area (Å²) in [5, 5.41) is 4.90. The van der Waals surface area contributed by atoms with Crippen molar-refractivity contribution in [2.24, 2.45) is 0 Å². The van der Waals surface area contributed by atoms with Crippen molar-refractivity contribution in [3.05, 3.63) is 76.5 Å². The summed E-state index contributed by atoms with van der Waals surface area (Å²) in [5.74, 6) is 1.88. The first-order chi connectivity index (χ1) is 14.6. The van der Waals surface area contributed by atoms with Crippen molar-refractivity contribution in [3.63, 3.8) is 0 Å². The molecule has 0 aliphatic carbocycles. The molecule has 0 saturated heterocycles. The van der Waals surface area contributed by atoms with Crippen molar-refractivity contribution < 1.29 is 14.2 Å². The van der Waals surface area contributed by atoms with Crippen LogP contribution < -0.4 is 14.2 Å². The first-order valence-electron chi connectivity index (χ1n) is 9.52. The molecule has 1 unspecified atom stereocenters. The Morgan fingerprint density at radius 1 is 1.17 bits per heavy atom. The molecule has 4 heterocycles. The maximum Gasteiger partial charge on any atom is 0.204 e. The molecule has 1 atom stereocenters. The molecule has 1 aliphatic heterocycles. The molecule has 1 aromatic carbocycles. The largest absolute Gasteiger partial charge is 0.493 e. The highest BCUT2D eigenvalue weighted by Gasteiger charge is 2.27. The van der Waals surface area contributed by atoms with E-state index in [1.165, 1.54) is 0 Å². The van der Waals surface area contributed by atoms with Crippen LogP contribution >= 0.6 is 11.6 Å². The third kappa shape index (κ3) is 3.41. The number of hydrogen-bond donors (Lipinski definition) is 0. The lowest BCUT2D eigenvalue weighted by atomic mass is 10.1. The van der Waals surface area contributed by atoms with E-state index < -0.39 is 0 Å². The normalized spacial score (nSPS) is 15.4. The van der Waals surface area contributed by atoms with Crippen LogP contribution in [0.2, 0.25) is 5.02 Å². The Morgan fingerprint density at radius 3 is 2.87 bits per heavy atom. The van der Waals surface area contributed by atoms with Gasteiger partial charge in [0, 0.05) is 29.9 Å². The molecule has 30 heavy (non-hydrogen) atoms. The van der Waals surface area contributed by atoms with Crippen molar-refractivity contribution >= 4 is 17.2 Å². The van der Waals surface area contributed by atoms with Gasteiger partial charge < -0.3 is 14.2 Å². The smallest absolute Gasteiger partial charge is 0.204 e. The predicted molar refractivity (Wildman–Crippen MR) is 112 cm³/mol. The lowest BCUT2D eigenvalue weighted by Crippen LogP contribution is -2.22. The molecular weight excluding hydrogens is 404 g/mol. The molecule has 7 nitrogen and oxygen atoms in total. The Bertz CT molecular complexity index is 1210. The molecule has 5 rings (SSSR count). The molecule has 0 N–H and O–H groups in total. The van der Waals surface area contributed by atoms with Gasteiger partial charge >= 0.3 is 0 Å². The number of methoxy groups -OCH3 is 1. The number of ether oxygens (including phenoxy) is 3. The summed E-state index contributed by atoms with van der Waals surface area (Å²) >= 11 is 6.00. The first-order valence-corrected chi connectivity index (χ1v) is 9.89. The van der Waals surface area contributed by atoms with Crippen molar-refractivity contribution in [1.29, 1.82) is 0 Å². The van der Waals surface area contributed by atoms with Crippen LogP contribution in [0.5, 0.6) is 17.2 Å². The van der Waals surface area contributed by atoms with Crippen LogP contribution in [0.3, 0.4) is 0 Å². The summed E-state index contributed by atoms with van der Waals surface area (Å²) in [7, 11) is 1.62. The van der Waals surface area contributed by atoms with Gasteiger partial charge in [-0.05, 0) is 30.7 Å². The standard InChI is InChI=1S/C22H19ClN4O3/c1-13-3-4-15(9-24-13)20-12-29-19-7-14(6-18(28-2)22(19)30-20)5-17-11-25-21-8-16(23)10-26-27(17)21/h3-4,6-11,20H,5,12H2,1-2H3. The van der Waals surface area contributed by atoms with Gasteiger partial charge in [0.25, 0.3) is 0 Å².